The van der Waals surface area contributed by atoms with E-state index in [2.05, 4.69) is 5.10 Å². The van der Waals surface area contributed by atoms with E-state index in [1.165, 1.54) is 12.1 Å². The molecule has 0 aliphatic carbocycles. The largest absolute Gasteiger partial charge is 0.478 e. The fraction of sp³-hybridized carbons (Fsp3) is 0. The lowest BCUT2D eigenvalue weighted by Crippen LogP contribution is -2.11. The van der Waals surface area contributed by atoms with Crippen molar-refractivity contribution in [1.29, 1.82) is 0 Å². The third-order valence-electron chi connectivity index (χ3n) is 2.54. The minimum Gasteiger partial charge on any atom is -0.478 e. The molecule has 9 heteroatoms. The van der Waals surface area contributed by atoms with Gasteiger partial charge in [-0.15, -0.1) is 0 Å². The number of carboxylic acids is 1. The topological polar surface area (TPSA) is 141 Å². The number of hydrogen-bond donors (Lipinski definition) is 2. The molecule has 0 saturated heterocycles. The van der Waals surface area contributed by atoms with Gasteiger partial charge in [0.1, 0.15) is 0 Å². The maximum Gasteiger partial charge on any atom is 0.338 e. The van der Waals surface area contributed by atoms with E-state index in [9.17, 15) is 19.7 Å². The zero-order chi connectivity index (χ0) is 14.9. The molecule has 1 aromatic carbocycles. The van der Waals surface area contributed by atoms with Crippen LogP contribution < -0.4 is 5.73 Å². The average molecular weight is 276 g/mol. The Balaban J connectivity index is 2.72. The normalized spacial score (nSPS) is 10.2. The molecule has 0 atom stereocenters. The fourth-order valence-corrected chi connectivity index (χ4v) is 1.66. The molecule has 1 amide bonds. The molecule has 0 fully saturated rings. The van der Waals surface area contributed by atoms with E-state index >= 15 is 0 Å². The minimum absolute atomic E-state index is 0.0134. The van der Waals surface area contributed by atoms with E-state index in [1.807, 2.05) is 0 Å². The van der Waals surface area contributed by atoms with Crippen molar-refractivity contribution in [2.45, 2.75) is 0 Å². The lowest BCUT2D eigenvalue weighted by Gasteiger charge is -2.06. The highest BCUT2D eigenvalue weighted by Crippen LogP contribution is 2.26. The number of carboxylic acid groups (broad SMARTS) is 1. The third-order valence-corrected chi connectivity index (χ3v) is 2.54. The smallest absolute Gasteiger partial charge is 0.338 e. The molecule has 3 N–H and O–H groups in total. The molecule has 20 heavy (non-hydrogen) atoms. The van der Waals surface area contributed by atoms with Gasteiger partial charge < -0.3 is 10.8 Å². The number of carbonyl (C=O) groups excluding carboxylic acids is 1. The summed E-state index contributed by atoms with van der Waals surface area (Å²) in [5, 5.41) is 23.8. The number of aromatic nitrogens is 2. The first-order chi connectivity index (χ1) is 9.41. The Bertz CT molecular complexity index is 689. The van der Waals surface area contributed by atoms with Gasteiger partial charge in [-0.25, -0.2) is 9.48 Å². The predicted molar refractivity (Wildman–Crippen MR) is 65.7 cm³/mol. The number of primary amides is 1. The van der Waals surface area contributed by atoms with Gasteiger partial charge >= 0.3 is 5.97 Å². The molecule has 0 saturated carbocycles. The van der Waals surface area contributed by atoms with Crippen LogP contribution in [0.15, 0.2) is 30.6 Å². The standard InChI is InChI=1S/C11H8N4O5/c12-10(16)6-4-13-14(5-6)9-7(11(17)18)2-1-3-8(9)15(19)20/h1-5H,(H2,12,16)(H,17,18). The number of nitro groups is 1. The summed E-state index contributed by atoms with van der Waals surface area (Å²) in [6, 6.07) is 3.60. The molecule has 9 nitrogen and oxygen atoms in total. The van der Waals surface area contributed by atoms with Gasteiger partial charge in [-0.05, 0) is 6.07 Å². The molecular formula is C11H8N4O5. The van der Waals surface area contributed by atoms with E-state index < -0.39 is 22.5 Å². The molecule has 102 valence electrons. The van der Waals surface area contributed by atoms with E-state index in [0.29, 0.717) is 0 Å². The van der Waals surface area contributed by atoms with E-state index in [4.69, 9.17) is 10.8 Å². The highest BCUT2D eigenvalue weighted by Gasteiger charge is 2.24. The summed E-state index contributed by atoms with van der Waals surface area (Å²) in [4.78, 5) is 32.4. The van der Waals surface area contributed by atoms with Gasteiger partial charge in [-0.2, -0.15) is 5.10 Å². The van der Waals surface area contributed by atoms with Crippen LogP contribution in [0.25, 0.3) is 5.69 Å². The summed E-state index contributed by atoms with van der Waals surface area (Å²) >= 11 is 0. The Kier molecular flexibility index (Phi) is 3.17. The maximum atomic E-state index is 11.2. The number of para-hydroxylation sites is 1. The van der Waals surface area contributed by atoms with E-state index in [-0.39, 0.29) is 16.8 Å². The SMILES string of the molecule is NC(=O)c1cnn(-c2c(C(=O)O)cccc2[N+](=O)[O-])c1. The van der Waals surface area contributed by atoms with E-state index in [0.717, 1.165) is 23.1 Å². The number of carbonyl (C=O) groups is 2. The summed E-state index contributed by atoms with van der Waals surface area (Å²) < 4.78 is 0.946. The molecule has 1 aromatic heterocycles. The second kappa shape index (κ2) is 4.80. The maximum absolute atomic E-state index is 11.2. The van der Waals surface area contributed by atoms with Crippen LogP contribution in [0.5, 0.6) is 0 Å². The Morgan fingerprint density at radius 2 is 2.10 bits per heavy atom. The zero-order valence-electron chi connectivity index (χ0n) is 9.89. The van der Waals surface area contributed by atoms with Crippen molar-refractivity contribution in [2.24, 2.45) is 5.73 Å². The van der Waals surface area contributed by atoms with Crippen LogP contribution in [0.3, 0.4) is 0 Å². The van der Waals surface area contributed by atoms with Gasteiger partial charge in [0.25, 0.3) is 11.6 Å². The molecule has 0 bridgehead atoms. The highest BCUT2D eigenvalue weighted by atomic mass is 16.6. The van der Waals surface area contributed by atoms with Crippen LogP contribution in [0, 0.1) is 10.1 Å². The number of hydrogen-bond acceptors (Lipinski definition) is 5. The van der Waals surface area contributed by atoms with E-state index in [1.54, 1.807) is 0 Å². The number of rotatable bonds is 4. The molecule has 2 aromatic rings. The fourth-order valence-electron chi connectivity index (χ4n) is 1.66. The lowest BCUT2D eigenvalue weighted by atomic mass is 10.1. The number of nitrogens with zero attached hydrogens (tertiary/aromatic N) is 3. The van der Waals surface area contributed by atoms with Gasteiger partial charge in [0, 0.05) is 12.3 Å². The Labute approximate surface area is 111 Å². The Hall–Kier alpha value is -3.23. The van der Waals surface area contributed by atoms with Crippen LogP contribution in [0.1, 0.15) is 20.7 Å². The number of nitrogens with two attached hydrogens (primary N) is 1. The summed E-state index contributed by atoms with van der Waals surface area (Å²) in [5.41, 5.74) is 4.09. The summed E-state index contributed by atoms with van der Waals surface area (Å²) in [6.07, 6.45) is 2.24. The van der Waals surface area contributed by atoms with Crippen LogP contribution in [0.2, 0.25) is 0 Å². The van der Waals surface area contributed by atoms with Crippen LogP contribution >= 0.6 is 0 Å². The molecule has 0 unspecified atom stereocenters. The van der Waals surface area contributed by atoms with Crippen molar-refractivity contribution >= 4 is 17.6 Å². The Morgan fingerprint density at radius 1 is 1.40 bits per heavy atom. The van der Waals surface area contributed by atoms with Gasteiger partial charge in [0.05, 0.1) is 22.2 Å². The van der Waals surface area contributed by atoms with Crippen molar-refractivity contribution in [2.75, 3.05) is 0 Å². The predicted octanol–water partition coefficient (Wildman–Crippen LogP) is 0.578. The monoisotopic (exact) mass is 276 g/mol. The molecule has 1 heterocycles. The van der Waals surface area contributed by atoms with Crippen LogP contribution in [0.4, 0.5) is 5.69 Å². The molecule has 0 spiro atoms. The van der Waals surface area contributed by atoms with Gasteiger partial charge in [0.2, 0.25) is 0 Å². The zero-order valence-corrected chi connectivity index (χ0v) is 9.89. The van der Waals surface area contributed by atoms with Crippen molar-refractivity contribution in [1.82, 2.24) is 9.78 Å². The summed E-state index contributed by atoms with van der Waals surface area (Å²) in [6.45, 7) is 0. The van der Waals surface area contributed by atoms with Crippen LogP contribution in [-0.2, 0) is 0 Å². The summed E-state index contributed by atoms with van der Waals surface area (Å²) in [7, 11) is 0. The molecule has 0 radical (unpaired) electrons. The summed E-state index contributed by atoms with van der Waals surface area (Å²) in [5.74, 6) is -2.12. The van der Waals surface area contributed by atoms with Crippen molar-refractivity contribution in [3.8, 4) is 5.69 Å². The Morgan fingerprint density at radius 3 is 2.60 bits per heavy atom. The van der Waals surface area contributed by atoms with Gasteiger partial charge in [0.15, 0.2) is 5.69 Å². The number of benzene rings is 1. The van der Waals surface area contributed by atoms with Gasteiger partial charge in [-0.1, -0.05) is 6.07 Å². The average Bonchev–Trinajstić information content (AvgIpc) is 2.87. The highest BCUT2D eigenvalue weighted by molar-refractivity contribution is 5.95. The van der Waals surface area contributed by atoms with Crippen molar-refractivity contribution in [3.05, 3.63) is 51.8 Å². The number of aromatic carboxylic acids is 1. The quantitative estimate of drug-likeness (QED) is 0.617. The number of amides is 1. The van der Waals surface area contributed by atoms with Crippen molar-refractivity contribution < 1.29 is 19.6 Å². The second-order valence-electron chi connectivity index (χ2n) is 3.77. The first-order valence-corrected chi connectivity index (χ1v) is 5.27. The van der Waals surface area contributed by atoms with Gasteiger partial charge in [-0.3, -0.25) is 14.9 Å². The number of nitro benzene ring substituents is 1. The molecule has 2 rings (SSSR count). The first-order valence-electron chi connectivity index (χ1n) is 5.27. The molecule has 0 aliphatic heterocycles. The molecule has 0 aliphatic rings. The molecular weight excluding hydrogens is 268 g/mol. The van der Waals surface area contributed by atoms with Crippen molar-refractivity contribution in [3.63, 3.8) is 0 Å². The van der Waals surface area contributed by atoms with Crippen LogP contribution in [-0.4, -0.2) is 31.7 Å². The first kappa shape index (κ1) is 13.2. The third kappa shape index (κ3) is 2.19. The minimum atomic E-state index is -1.35. The second-order valence-corrected chi connectivity index (χ2v) is 3.77. The lowest BCUT2D eigenvalue weighted by molar-refractivity contribution is -0.384.